The quantitative estimate of drug-likeness (QED) is 0.771. The Morgan fingerprint density at radius 1 is 0.778 bits per heavy atom. The molecule has 0 atom stereocenters. The fourth-order valence-corrected chi connectivity index (χ4v) is 6.18. The van der Waals surface area contributed by atoms with Crippen LogP contribution in [0.2, 0.25) is 0 Å². The lowest BCUT2D eigenvalue weighted by molar-refractivity contribution is 0.272. The van der Waals surface area contributed by atoms with E-state index in [0.717, 1.165) is 17.7 Å². The van der Waals surface area contributed by atoms with Gasteiger partial charge in [-0.2, -0.15) is 8.61 Å². The summed E-state index contributed by atoms with van der Waals surface area (Å²) in [5, 5.41) is 0. The molecule has 0 aromatic heterocycles. The monoisotopic (exact) mass is 412 g/mol. The van der Waals surface area contributed by atoms with Crippen LogP contribution in [0.25, 0.3) is 0 Å². The van der Waals surface area contributed by atoms with Crippen LogP contribution in [0, 0.1) is 19.7 Å². The number of nitrogens with zero attached hydrogens (tertiary/aromatic N) is 2. The van der Waals surface area contributed by atoms with E-state index in [1.54, 1.807) is 19.1 Å². The zero-order valence-corrected chi connectivity index (χ0v) is 16.7. The summed E-state index contributed by atoms with van der Waals surface area (Å²) in [4.78, 5) is 0.243. The topological polar surface area (TPSA) is 74.8 Å². The number of sulfonamides is 2. The van der Waals surface area contributed by atoms with Gasteiger partial charge in [0, 0.05) is 26.2 Å². The van der Waals surface area contributed by atoms with Gasteiger partial charge in [-0.05, 0) is 55.3 Å². The van der Waals surface area contributed by atoms with Crippen LogP contribution in [0.4, 0.5) is 4.39 Å². The van der Waals surface area contributed by atoms with Crippen LogP contribution >= 0.6 is 0 Å². The molecule has 1 aliphatic rings. The molecule has 1 saturated heterocycles. The number of benzene rings is 2. The second kappa shape index (κ2) is 7.31. The van der Waals surface area contributed by atoms with Crippen molar-refractivity contribution < 1.29 is 21.2 Å². The highest BCUT2D eigenvalue weighted by Gasteiger charge is 2.34. The molecule has 2 aromatic rings. The van der Waals surface area contributed by atoms with Crippen LogP contribution < -0.4 is 0 Å². The van der Waals surface area contributed by atoms with Crippen molar-refractivity contribution in [2.75, 3.05) is 26.2 Å². The number of halogens is 1. The highest BCUT2D eigenvalue weighted by Crippen LogP contribution is 2.24. The van der Waals surface area contributed by atoms with Gasteiger partial charge in [-0.15, -0.1) is 0 Å². The van der Waals surface area contributed by atoms with Crippen molar-refractivity contribution in [3.05, 3.63) is 59.4 Å². The maximum absolute atomic E-state index is 13.0. The third-order valence-corrected chi connectivity index (χ3v) is 8.56. The molecular formula is C18H21FN2O4S2. The van der Waals surface area contributed by atoms with Crippen molar-refractivity contribution in [3.63, 3.8) is 0 Å². The lowest BCUT2D eigenvalue weighted by Crippen LogP contribution is -2.50. The maximum atomic E-state index is 13.0. The molecule has 0 aliphatic carbocycles. The summed E-state index contributed by atoms with van der Waals surface area (Å²) < 4.78 is 66.8. The van der Waals surface area contributed by atoms with Crippen molar-refractivity contribution >= 4 is 20.0 Å². The molecule has 0 spiro atoms. The number of piperazine rings is 1. The van der Waals surface area contributed by atoms with Gasteiger partial charge in [0.2, 0.25) is 20.0 Å². The summed E-state index contributed by atoms with van der Waals surface area (Å²) >= 11 is 0. The molecule has 3 rings (SSSR count). The van der Waals surface area contributed by atoms with Gasteiger partial charge in [-0.25, -0.2) is 21.2 Å². The zero-order valence-electron chi connectivity index (χ0n) is 15.1. The molecule has 1 aliphatic heterocycles. The summed E-state index contributed by atoms with van der Waals surface area (Å²) in [7, 11) is -7.47. The highest BCUT2D eigenvalue weighted by atomic mass is 32.2. The van der Waals surface area contributed by atoms with Gasteiger partial charge >= 0.3 is 0 Å². The molecular weight excluding hydrogens is 391 g/mol. The largest absolute Gasteiger partial charge is 0.243 e. The number of hydrogen-bond donors (Lipinski definition) is 0. The minimum Gasteiger partial charge on any atom is -0.207 e. The fraction of sp³-hybridized carbons (Fsp3) is 0.333. The lowest BCUT2D eigenvalue weighted by atomic mass is 10.2. The Morgan fingerprint density at radius 3 is 1.85 bits per heavy atom. The Labute approximate surface area is 159 Å². The van der Waals surface area contributed by atoms with Gasteiger partial charge in [0.1, 0.15) is 5.82 Å². The third-order valence-electron chi connectivity index (χ3n) is 4.61. The van der Waals surface area contributed by atoms with Crippen LogP contribution in [0.1, 0.15) is 11.1 Å². The van der Waals surface area contributed by atoms with E-state index >= 15 is 0 Å². The van der Waals surface area contributed by atoms with E-state index < -0.39 is 25.9 Å². The van der Waals surface area contributed by atoms with Gasteiger partial charge in [-0.3, -0.25) is 0 Å². The Morgan fingerprint density at radius 2 is 1.30 bits per heavy atom. The summed E-state index contributed by atoms with van der Waals surface area (Å²) in [6, 6.07) is 9.85. The first-order valence-electron chi connectivity index (χ1n) is 8.45. The second-order valence-electron chi connectivity index (χ2n) is 6.53. The second-order valence-corrected chi connectivity index (χ2v) is 10.4. The highest BCUT2D eigenvalue weighted by molar-refractivity contribution is 7.89. The predicted molar refractivity (Wildman–Crippen MR) is 99.8 cm³/mol. The van der Waals surface area contributed by atoms with Crippen molar-refractivity contribution in [3.8, 4) is 0 Å². The van der Waals surface area contributed by atoms with E-state index in [-0.39, 0.29) is 36.0 Å². The molecule has 27 heavy (non-hydrogen) atoms. The van der Waals surface area contributed by atoms with E-state index in [1.165, 1.54) is 20.7 Å². The molecule has 0 saturated carbocycles. The van der Waals surface area contributed by atoms with Gasteiger partial charge in [0.05, 0.1) is 9.79 Å². The Hall–Kier alpha value is -1.81. The molecule has 0 N–H and O–H groups in total. The molecule has 0 radical (unpaired) electrons. The van der Waals surface area contributed by atoms with Crippen LogP contribution in [0.3, 0.4) is 0 Å². The van der Waals surface area contributed by atoms with Crippen LogP contribution in [0.15, 0.2) is 52.3 Å². The minimum absolute atomic E-state index is 0.00487. The van der Waals surface area contributed by atoms with Crippen molar-refractivity contribution in [2.24, 2.45) is 0 Å². The van der Waals surface area contributed by atoms with Gasteiger partial charge < -0.3 is 0 Å². The Bertz CT molecular complexity index is 1040. The number of aryl methyl sites for hydroxylation is 2. The average Bonchev–Trinajstić information content (AvgIpc) is 2.64. The summed E-state index contributed by atoms with van der Waals surface area (Å²) in [6.07, 6.45) is 0. The molecule has 146 valence electrons. The zero-order chi connectivity index (χ0) is 19.8. The van der Waals surface area contributed by atoms with Crippen molar-refractivity contribution in [1.29, 1.82) is 0 Å². The van der Waals surface area contributed by atoms with E-state index in [0.29, 0.717) is 5.56 Å². The molecule has 1 fully saturated rings. The smallest absolute Gasteiger partial charge is 0.207 e. The van der Waals surface area contributed by atoms with Gasteiger partial charge in [0.15, 0.2) is 0 Å². The molecule has 9 heteroatoms. The first-order valence-corrected chi connectivity index (χ1v) is 11.3. The summed E-state index contributed by atoms with van der Waals surface area (Å²) in [6.45, 7) is 3.78. The Kier molecular flexibility index (Phi) is 5.40. The van der Waals surface area contributed by atoms with E-state index in [4.69, 9.17) is 0 Å². The predicted octanol–water partition coefficient (Wildman–Crippen LogP) is 2.14. The molecule has 0 unspecified atom stereocenters. The van der Waals surface area contributed by atoms with Crippen molar-refractivity contribution in [2.45, 2.75) is 23.6 Å². The number of rotatable bonds is 4. The third kappa shape index (κ3) is 3.91. The SMILES string of the molecule is Cc1ccc(C)c(S(=O)(=O)N2CCN(S(=O)(=O)c3ccc(F)cc3)CC2)c1. The van der Waals surface area contributed by atoms with E-state index in [9.17, 15) is 21.2 Å². The fourth-order valence-electron chi connectivity index (χ4n) is 3.03. The van der Waals surface area contributed by atoms with Crippen LogP contribution in [-0.2, 0) is 20.0 Å². The molecule has 0 amide bonds. The summed E-state index contributed by atoms with van der Waals surface area (Å²) in [5.74, 6) is -0.515. The maximum Gasteiger partial charge on any atom is 0.243 e. The average molecular weight is 413 g/mol. The van der Waals surface area contributed by atoms with E-state index in [2.05, 4.69) is 0 Å². The molecule has 6 nitrogen and oxygen atoms in total. The lowest BCUT2D eigenvalue weighted by Gasteiger charge is -2.33. The normalized spacial score (nSPS) is 17.1. The summed E-state index contributed by atoms with van der Waals surface area (Å²) in [5.41, 5.74) is 1.50. The standard InChI is InChI=1S/C18H21FN2O4S2/c1-14-3-4-15(2)18(13-14)27(24,25)21-11-9-20(10-12-21)26(22,23)17-7-5-16(19)6-8-17/h3-8,13H,9-12H2,1-2H3. The number of hydrogen-bond acceptors (Lipinski definition) is 4. The molecule has 0 bridgehead atoms. The first kappa shape index (κ1) is 19.9. The first-order chi connectivity index (χ1) is 12.6. The molecule has 2 aromatic carbocycles. The van der Waals surface area contributed by atoms with Crippen molar-refractivity contribution in [1.82, 2.24) is 8.61 Å². The minimum atomic E-state index is -3.78. The van der Waals surface area contributed by atoms with Gasteiger partial charge in [-0.1, -0.05) is 12.1 Å². The van der Waals surface area contributed by atoms with Crippen LogP contribution in [-0.4, -0.2) is 51.6 Å². The Balaban J connectivity index is 1.78. The molecule has 1 heterocycles. The van der Waals surface area contributed by atoms with Gasteiger partial charge in [0.25, 0.3) is 0 Å². The van der Waals surface area contributed by atoms with Crippen LogP contribution in [0.5, 0.6) is 0 Å². The van der Waals surface area contributed by atoms with E-state index in [1.807, 2.05) is 13.0 Å².